The maximum absolute atomic E-state index is 11.9. The molecule has 2 saturated heterocycles. The predicted molar refractivity (Wildman–Crippen MR) is 87.5 cm³/mol. The first-order valence-corrected chi connectivity index (χ1v) is 8.42. The molecule has 5 atom stereocenters. The molecule has 3 nitrogen and oxygen atoms in total. The lowest BCUT2D eigenvalue weighted by Crippen LogP contribution is -2.48. The van der Waals surface area contributed by atoms with Crippen molar-refractivity contribution in [3.05, 3.63) is 35.9 Å². The molecule has 1 aromatic carbocycles. The minimum absolute atomic E-state index is 0.0607. The fourth-order valence-corrected chi connectivity index (χ4v) is 4.76. The van der Waals surface area contributed by atoms with Crippen LogP contribution in [0, 0.1) is 17.8 Å². The summed E-state index contributed by atoms with van der Waals surface area (Å²) in [5.74, 6) is 1.67. The Kier molecular flexibility index (Phi) is 4.53. The van der Waals surface area contributed by atoms with Crippen molar-refractivity contribution in [1.29, 1.82) is 0 Å². The molecule has 0 unspecified atom stereocenters. The molecule has 3 heteroatoms. The molecule has 0 saturated carbocycles. The van der Waals surface area contributed by atoms with Gasteiger partial charge in [-0.15, -0.1) is 0 Å². The van der Waals surface area contributed by atoms with Gasteiger partial charge in [-0.3, -0.25) is 9.69 Å². The second-order valence-corrected chi connectivity index (χ2v) is 7.14. The lowest BCUT2D eigenvalue weighted by atomic mass is 9.75. The van der Waals surface area contributed by atoms with Gasteiger partial charge >= 0.3 is 5.97 Å². The molecule has 0 spiro atoms. The number of piperidine rings is 1. The average Bonchev–Trinajstić information content (AvgIpc) is 2.72. The van der Waals surface area contributed by atoms with Crippen molar-refractivity contribution in [1.82, 2.24) is 4.90 Å². The molecule has 0 aliphatic carbocycles. The Morgan fingerprint density at radius 1 is 1.23 bits per heavy atom. The largest absolute Gasteiger partial charge is 0.469 e. The van der Waals surface area contributed by atoms with Crippen molar-refractivity contribution in [3.63, 3.8) is 0 Å². The fraction of sp³-hybridized carbons (Fsp3) is 0.632. The van der Waals surface area contributed by atoms with Crippen LogP contribution in [-0.4, -0.2) is 37.1 Å². The number of ether oxygens (including phenoxy) is 1. The van der Waals surface area contributed by atoms with Crippen LogP contribution in [0.1, 0.15) is 31.7 Å². The number of fused-ring (bicyclic) bond motifs is 2. The van der Waals surface area contributed by atoms with Gasteiger partial charge in [0.1, 0.15) is 0 Å². The first-order chi connectivity index (χ1) is 10.6. The maximum Gasteiger partial charge on any atom is 0.305 e. The van der Waals surface area contributed by atoms with Crippen LogP contribution in [-0.2, 0) is 16.0 Å². The highest BCUT2D eigenvalue weighted by atomic mass is 16.5. The maximum atomic E-state index is 11.9. The SMILES string of the molecule is COC(=O)C[C@@H]1[C@@H](Cc2ccccc2)C[C@@H]2[C@@H](C)C[C@H]1N2C. The molecule has 0 aromatic heterocycles. The van der Waals surface area contributed by atoms with Gasteiger partial charge in [0.05, 0.1) is 13.5 Å². The second-order valence-electron chi connectivity index (χ2n) is 7.14. The number of esters is 1. The molecule has 3 rings (SSSR count). The van der Waals surface area contributed by atoms with E-state index < -0.39 is 0 Å². The number of hydrogen-bond donors (Lipinski definition) is 0. The molecule has 2 fully saturated rings. The molecular formula is C19H27NO2. The number of carbonyl (C=O) groups excluding carboxylic acids is 1. The van der Waals surface area contributed by atoms with Crippen LogP contribution >= 0.6 is 0 Å². The number of nitrogens with zero attached hydrogens (tertiary/aromatic N) is 1. The van der Waals surface area contributed by atoms with Gasteiger partial charge in [-0.05, 0) is 49.6 Å². The summed E-state index contributed by atoms with van der Waals surface area (Å²) < 4.78 is 4.96. The van der Waals surface area contributed by atoms with E-state index >= 15 is 0 Å². The summed E-state index contributed by atoms with van der Waals surface area (Å²) in [5, 5.41) is 0. The van der Waals surface area contributed by atoms with Gasteiger partial charge in [0.15, 0.2) is 0 Å². The number of carbonyl (C=O) groups is 1. The predicted octanol–water partition coefficient (Wildman–Crippen LogP) is 3.14. The summed E-state index contributed by atoms with van der Waals surface area (Å²) in [6.45, 7) is 2.36. The van der Waals surface area contributed by atoms with Gasteiger partial charge in [0, 0.05) is 12.1 Å². The lowest BCUT2D eigenvalue weighted by Gasteiger charge is -2.43. The van der Waals surface area contributed by atoms with E-state index in [-0.39, 0.29) is 5.97 Å². The highest BCUT2D eigenvalue weighted by molar-refractivity contribution is 5.69. The Hall–Kier alpha value is -1.35. The van der Waals surface area contributed by atoms with E-state index in [0.717, 1.165) is 12.3 Å². The number of rotatable bonds is 4. The summed E-state index contributed by atoms with van der Waals surface area (Å²) >= 11 is 0. The lowest BCUT2D eigenvalue weighted by molar-refractivity contribution is -0.143. The molecule has 2 aliphatic heterocycles. The van der Waals surface area contributed by atoms with E-state index in [1.807, 2.05) is 0 Å². The topological polar surface area (TPSA) is 29.5 Å². The van der Waals surface area contributed by atoms with Crippen LogP contribution in [0.25, 0.3) is 0 Å². The van der Waals surface area contributed by atoms with E-state index in [2.05, 4.69) is 49.2 Å². The smallest absolute Gasteiger partial charge is 0.305 e. The van der Waals surface area contributed by atoms with Crippen molar-refractivity contribution < 1.29 is 9.53 Å². The van der Waals surface area contributed by atoms with E-state index in [4.69, 9.17) is 4.74 Å². The van der Waals surface area contributed by atoms with E-state index in [1.165, 1.54) is 25.5 Å². The van der Waals surface area contributed by atoms with Gasteiger partial charge in [-0.1, -0.05) is 37.3 Å². The van der Waals surface area contributed by atoms with E-state index in [0.29, 0.717) is 30.3 Å². The highest BCUT2D eigenvalue weighted by Gasteiger charge is 2.49. The van der Waals surface area contributed by atoms with E-state index in [9.17, 15) is 4.79 Å². The van der Waals surface area contributed by atoms with Crippen LogP contribution < -0.4 is 0 Å². The van der Waals surface area contributed by atoms with Crippen LogP contribution in [0.2, 0.25) is 0 Å². The molecule has 2 heterocycles. The van der Waals surface area contributed by atoms with Crippen molar-refractivity contribution in [2.75, 3.05) is 14.2 Å². The normalized spacial score (nSPS) is 34.6. The molecule has 1 aromatic rings. The van der Waals surface area contributed by atoms with Gasteiger partial charge in [0.2, 0.25) is 0 Å². The van der Waals surface area contributed by atoms with Crippen LogP contribution in [0.3, 0.4) is 0 Å². The van der Waals surface area contributed by atoms with Crippen LogP contribution in [0.5, 0.6) is 0 Å². The van der Waals surface area contributed by atoms with Crippen LogP contribution in [0.15, 0.2) is 30.3 Å². The van der Waals surface area contributed by atoms with Gasteiger partial charge < -0.3 is 4.74 Å². The standard InChI is InChI=1S/C19H27NO2/c1-13-9-18-16(12-19(21)22-3)15(11-17(13)20(18)2)10-14-7-5-4-6-8-14/h4-8,13,15-18H,9-12H2,1-3H3/t13-,15-,16+,17+,18+/m0/s1. The number of benzene rings is 1. The van der Waals surface area contributed by atoms with E-state index in [1.54, 1.807) is 0 Å². The Morgan fingerprint density at radius 2 is 1.95 bits per heavy atom. The van der Waals surface area contributed by atoms with Gasteiger partial charge in [-0.2, -0.15) is 0 Å². The zero-order valence-corrected chi connectivity index (χ0v) is 13.9. The number of methoxy groups -OCH3 is 1. The van der Waals surface area contributed by atoms with Gasteiger partial charge in [0.25, 0.3) is 0 Å². The Bertz CT molecular complexity index is 515. The minimum atomic E-state index is -0.0607. The van der Waals surface area contributed by atoms with Crippen molar-refractivity contribution in [3.8, 4) is 0 Å². The summed E-state index contributed by atoms with van der Waals surface area (Å²) in [6.07, 6.45) is 4.05. The highest BCUT2D eigenvalue weighted by Crippen LogP contribution is 2.46. The molecule has 22 heavy (non-hydrogen) atoms. The Balaban J connectivity index is 1.81. The third-order valence-electron chi connectivity index (χ3n) is 5.93. The molecule has 2 aliphatic rings. The number of hydrogen-bond acceptors (Lipinski definition) is 3. The monoisotopic (exact) mass is 301 g/mol. The Morgan fingerprint density at radius 3 is 2.64 bits per heavy atom. The molecule has 0 amide bonds. The first-order valence-electron chi connectivity index (χ1n) is 8.42. The summed E-state index contributed by atoms with van der Waals surface area (Å²) in [7, 11) is 3.74. The van der Waals surface area contributed by atoms with Crippen molar-refractivity contribution in [2.24, 2.45) is 17.8 Å². The Labute approximate surface area is 133 Å². The zero-order chi connectivity index (χ0) is 15.7. The summed E-state index contributed by atoms with van der Waals surface area (Å²) in [4.78, 5) is 14.4. The second kappa shape index (κ2) is 6.41. The molecule has 2 bridgehead atoms. The van der Waals surface area contributed by atoms with Gasteiger partial charge in [-0.25, -0.2) is 0 Å². The molecular weight excluding hydrogens is 274 g/mol. The molecule has 0 N–H and O–H groups in total. The first kappa shape index (κ1) is 15.5. The fourth-order valence-electron chi connectivity index (χ4n) is 4.76. The molecule has 0 radical (unpaired) electrons. The third kappa shape index (κ3) is 2.91. The molecule has 120 valence electrons. The minimum Gasteiger partial charge on any atom is -0.469 e. The zero-order valence-electron chi connectivity index (χ0n) is 13.9. The third-order valence-corrected chi connectivity index (χ3v) is 5.93. The average molecular weight is 301 g/mol. The summed E-state index contributed by atoms with van der Waals surface area (Å²) in [6, 6.07) is 11.9. The van der Waals surface area contributed by atoms with Crippen LogP contribution in [0.4, 0.5) is 0 Å². The quantitative estimate of drug-likeness (QED) is 0.800. The summed E-state index contributed by atoms with van der Waals surface area (Å²) in [5.41, 5.74) is 1.39. The van der Waals surface area contributed by atoms with Crippen molar-refractivity contribution in [2.45, 2.75) is 44.7 Å². The van der Waals surface area contributed by atoms with Crippen molar-refractivity contribution >= 4 is 5.97 Å².